The molecular formula is C16H12Cl2O4S. The van der Waals surface area contributed by atoms with E-state index >= 15 is 0 Å². The molecule has 3 rings (SSSR count). The first kappa shape index (κ1) is 16.3. The molecule has 0 unspecified atom stereocenters. The van der Waals surface area contributed by atoms with E-state index < -0.39 is 32.9 Å². The zero-order valence-corrected chi connectivity index (χ0v) is 14.0. The Labute approximate surface area is 143 Å². The van der Waals surface area contributed by atoms with Crippen LogP contribution in [0.1, 0.15) is 11.5 Å². The Morgan fingerprint density at radius 3 is 1.87 bits per heavy atom. The molecule has 0 radical (unpaired) electrons. The van der Waals surface area contributed by atoms with Gasteiger partial charge in [0, 0.05) is 16.0 Å². The predicted octanol–water partition coefficient (Wildman–Crippen LogP) is 3.63. The van der Waals surface area contributed by atoms with Crippen molar-refractivity contribution in [2.24, 2.45) is 5.92 Å². The summed E-state index contributed by atoms with van der Waals surface area (Å²) in [6.45, 7) is 0. The summed E-state index contributed by atoms with van der Waals surface area (Å²) >= 11 is 11.6. The van der Waals surface area contributed by atoms with Crippen LogP contribution >= 0.6 is 23.2 Å². The van der Waals surface area contributed by atoms with E-state index in [2.05, 4.69) is 0 Å². The van der Waals surface area contributed by atoms with Crippen molar-refractivity contribution in [3.8, 4) is 0 Å². The Hall–Kier alpha value is -1.56. The van der Waals surface area contributed by atoms with E-state index in [9.17, 15) is 18.3 Å². The van der Waals surface area contributed by atoms with Gasteiger partial charge >= 0.3 is 5.97 Å². The first-order valence-electron chi connectivity index (χ1n) is 6.80. The van der Waals surface area contributed by atoms with Gasteiger partial charge in [0.25, 0.3) is 0 Å². The fourth-order valence-electron chi connectivity index (χ4n) is 2.83. The van der Waals surface area contributed by atoms with Crippen LogP contribution < -0.4 is 0 Å². The van der Waals surface area contributed by atoms with Crippen LogP contribution in [0.2, 0.25) is 10.0 Å². The first-order chi connectivity index (χ1) is 10.8. The van der Waals surface area contributed by atoms with E-state index in [4.69, 9.17) is 23.2 Å². The first-order valence-corrected chi connectivity index (χ1v) is 9.10. The van der Waals surface area contributed by atoms with Crippen molar-refractivity contribution in [1.82, 2.24) is 0 Å². The average molecular weight is 371 g/mol. The molecule has 2 aromatic carbocycles. The van der Waals surface area contributed by atoms with E-state index in [-0.39, 0.29) is 4.90 Å². The molecule has 7 heteroatoms. The van der Waals surface area contributed by atoms with Gasteiger partial charge in [0.05, 0.1) is 16.1 Å². The Kier molecular flexibility index (Phi) is 4.12. The summed E-state index contributed by atoms with van der Waals surface area (Å²) in [6, 6.07) is 12.3. The molecule has 23 heavy (non-hydrogen) atoms. The Balaban J connectivity index is 1.98. The fourth-order valence-corrected chi connectivity index (χ4v) is 5.20. The van der Waals surface area contributed by atoms with Gasteiger partial charge in [-0.1, -0.05) is 35.3 Å². The number of carboxylic acid groups (broad SMARTS) is 1. The van der Waals surface area contributed by atoms with Gasteiger partial charge in [-0.25, -0.2) is 8.42 Å². The number of rotatable bonds is 4. The molecule has 1 aliphatic carbocycles. The Morgan fingerprint density at radius 1 is 0.913 bits per heavy atom. The van der Waals surface area contributed by atoms with Crippen LogP contribution in [0, 0.1) is 5.92 Å². The molecule has 0 bridgehead atoms. The van der Waals surface area contributed by atoms with Crippen molar-refractivity contribution in [3.05, 3.63) is 64.1 Å². The average Bonchev–Trinajstić information content (AvgIpc) is 3.25. The van der Waals surface area contributed by atoms with Crippen molar-refractivity contribution in [3.63, 3.8) is 0 Å². The largest absolute Gasteiger partial charge is 0.481 e. The molecule has 0 heterocycles. The second kappa shape index (κ2) is 5.82. The van der Waals surface area contributed by atoms with E-state index in [1.807, 2.05) is 0 Å². The highest BCUT2D eigenvalue weighted by Crippen LogP contribution is 2.54. The molecular weight excluding hydrogens is 359 g/mol. The zero-order valence-electron chi connectivity index (χ0n) is 11.7. The lowest BCUT2D eigenvalue weighted by Gasteiger charge is -2.04. The second-order valence-corrected chi connectivity index (χ2v) is 8.38. The van der Waals surface area contributed by atoms with Gasteiger partial charge in [0.1, 0.15) is 0 Å². The van der Waals surface area contributed by atoms with Gasteiger partial charge in [-0.15, -0.1) is 0 Å². The lowest BCUT2D eigenvalue weighted by Crippen LogP contribution is -2.13. The second-order valence-electron chi connectivity index (χ2n) is 5.40. The van der Waals surface area contributed by atoms with E-state index in [0.29, 0.717) is 15.6 Å². The molecule has 4 nitrogen and oxygen atoms in total. The van der Waals surface area contributed by atoms with E-state index in [1.165, 1.54) is 24.3 Å². The minimum atomic E-state index is -3.76. The summed E-state index contributed by atoms with van der Waals surface area (Å²) in [5, 5.41) is 9.30. The number of carbonyl (C=O) groups is 1. The monoisotopic (exact) mass is 370 g/mol. The van der Waals surface area contributed by atoms with Crippen LogP contribution in [0.5, 0.6) is 0 Å². The molecule has 0 saturated heterocycles. The van der Waals surface area contributed by atoms with Crippen molar-refractivity contribution >= 4 is 39.0 Å². The molecule has 1 aliphatic rings. The van der Waals surface area contributed by atoms with Crippen LogP contribution in [0.15, 0.2) is 53.4 Å². The summed E-state index contributed by atoms with van der Waals surface area (Å²) < 4.78 is 25.5. The number of carboxylic acids is 1. The molecule has 3 atom stereocenters. The standard InChI is InChI=1S/C16H12Cl2O4S/c17-10-3-1-9(2-4-10)13-14(16(19)20)15(13)23(21,22)12-7-5-11(18)6-8-12/h1-8,13-15H,(H,19,20)/t13-,14-,15+/m1/s1. The highest BCUT2D eigenvalue weighted by Gasteiger charge is 2.63. The van der Waals surface area contributed by atoms with Gasteiger partial charge in [-0.3, -0.25) is 4.79 Å². The molecule has 1 fully saturated rings. The van der Waals surface area contributed by atoms with Crippen LogP contribution in [-0.4, -0.2) is 24.7 Å². The lowest BCUT2D eigenvalue weighted by molar-refractivity contribution is -0.138. The maximum atomic E-state index is 12.7. The molecule has 0 aromatic heterocycles. The third-order valence-electron chi connectivity index (χ3n) is 3.99. The summed E-state index contributed by atoms with van der Waals surface area (Å²) in [4.78, 5) is 11.5. The molecule has 120 valence electrons. The van der Waals surface area contributed by atoms with E-state index in [1.54, 1.807) is 24.3 Å². The highest BCUT2D eigenvalue weighted by atomic mass is 35.5. The number of hydrogen-bond acceptors (Lipinski definition) is 3. The van der Waals surface area contributed by atoms with E-state index in [0.717, 1.165) is 0 Å². The van der Waals surface area contributed by atoms with Crippen LogP contribution in [0.3, 0.4) is 0 Å². The Bertz CT molecular complexity index is 845. The molecule has 0 spiro atoms. The van der Waals surface area contributed by atoms with Crippen molar-refractivity contribution in [2.45, 2.75) is 16.1 Å². The molecule has 1 saturated carbocycles. The number of aliphatic carboxylic acids is 1. The van der Waals surface area contributed by atoms with Gasteiger partial charge in [0.2, 0.25) is 0 Å². The SMILES string of the molecule is O=C(O)[C@@H]1[C@@H](c2ccc(Cl)cc2)[C@@H]1S(=O)(=O)c1ccc(Cl)cc1. The number of halogens is 2. The van der Waals surface area contributed by atoms with Gasteiger partial charge in [0.15, 0.2) is 9.84 Å². The maximum Gasteiger partial charge on any atom is 0.308 e. The summed E-state index contributed by atoms with van der Waals surface area (Å²) in [5.74, 6) is -2.66. The Morgan fingerprint density at radius 2 is 1.39 bits per heavy atom. The number of sulfone groups is 1. The summed E-state index contributed by atoms with van der Waals surface area (Å²) in [7, 11) is -3.76. The van der Waals surface area contributed by atoms with Crippen molar-refractivity contribution < 1.29 is 18.3 Å². The van der Waals surface area contributed by atoms with Crippen molar-refractivity contribution in [2.75, 3.05) is 0 Å². The minimum Gasteiger partial charge on any atom is -0.481 e. The normalized spacial score (nSPS) is 23.5. The number of hydrogen-bond donors (Lipinski definition) is 1. The van der Waals surface area contributed by atoms with Gasteiger partial charge in [-0.2, -0.15) is 0 Å². The topological polar surface area (TPSA) is 71.4 Å². The molecule has 1 N–H and O–H groups in total. The third kappa shape index (κ3) is 2.96. The van der Waals surface area contributed by atoms with Crippen LogP contribution in [0.25, 0.3) is 0 Å². The van der Waals surface area contributed by atoms with Crippen LogP contribution in [-0.2, 0) is 14.6 Å². The highest BCUT2D eigenvalue weighted by molar-refractivity contribution is 7.92. The molecule has 0 aliphatic heterocycles. The van der Waals surface area contributed by atoms with Crippen molar-refractivity contribution in [1.29, 1.82) is 0 Å². The zero-order chi connectivity index (χ0) is 16.8. The minimum absolute atomic E-state index is 0.0783. The smallest absolute Gasteiger partial charge is 0.308 e. The molecule has 0 amide bonds. The predicted molar refractivity (Wildman–Crippen MR) is 87.7 cm³/mol. The number of benzene rings is 2. The summed E-state index contributed by atoms with van der Waals surface area (Å²) in [5.41, 5.74) is 0.657. The van der Waals surface area contributed by atoms with Crippen LogP contribution in [0.4, 0.5) is 0 Å². The fraction of sp³-hybridized carbons (Fsp3) is 0.188. The summed E-state index contributed by atoms with van der Waals surface area (Å²) in [6.07, 6.45) is 0. The molecule has 2 aromatic rings. The quantitative estimate of drug-likeness (QED) is 0.891. The third-order valence-corrected chi connectivity index (χ3v) is 6.73. The van der Waals surface area contributed by atoms with Gasteiger partial charge < -0.3 is 5.11 Å². The maximum absolute atomic E-state index is 12.7. The van der Waals surface area contributed by atoms with Gasteiger partial charge in [-0.05, 0) is 42.0 Å². The lowest BCUT2D eigenvalue weighted by atomic mass is 10.1.